The van der Waals surface area contributed by atoms with Gasteiger partial charge in [-0.25, -0.2) is 18.0 Å². The summed E-state index contributed by atoms with van der Waals surface area (Å²) < 4.78 is 46.5. The summed E-state index contributed by atoms with van der Waals surface area (Å²) >= 11 is 0. The average Bonchev–Trinajstić information content (AvgIpc) is 2.81. The van der Waals surface area contributed by atoms with Crippen molar-refractivity contribution in [1.29, 1.82) is 0 Å². The SMILES string of the molecule is COC(=O)c1cc(NC(=O)[C@@H](C)N(c2ccc3c(c2)OCCO3)S(C)(=O)=O)cc(C(=O)OC)c1. The molecule has 2 aromatic rings. The average molecular weight is 493 g/mol. The number of sulfonamides is 1. The van der Waals surface area contributed by atoms with Crippen molar-refractivity contribution in [2.24, 2.45) is 0 Å². The third-order valence-electron chi connectivity index (χ3n) is 4.91. The van der Waals surface area contributed by atoms with Crippen LogP contribution in [0.5, 0.6) is 11.5 Å². The maximum absolute atomic E-state index is 13.1. The predicted molar refractivity (Wildman–Crippen MR) is 122 cm³/mol. The van der Waals surface area contributed by atoms with Gasteiger partial charge in [0, 0.05) is 11.8 Å². The zero-order valence-electron chi connectivity index (χ0n) is 19.0. The van der Waals surface area contributed by atoms with Gasteiger partial charge in [0.2, 0.25) is 15.9 Å². The Hall–Kier alpha value is -3.80. The zero-order chi connectivity index (χ0) is 25.0. The molecule has 0 spiro atoms. The lowest BCUT2D eigenvalue weighted by Crippen LogP contribution is -2.45. The molecule has 0 fully saturated rings. The Bertz CT molecular complexity index is 1190. The summed E-state index contributed by atoms with van der Waals surface area (Å²) in [5.74, 6) is -1.35. The van der Waals surface area contributed by atoms with Gasteiger partial charge < -0.3 is 24.3 Å². The first-order chi connectivity index (χ1) is 16.0. The summed E-state index contributed by atoms with van der Waals surface area (Å²) in [6.07, 6.45) is 0.973. The van der Waals surface area contributed by atoms with Crippen LogP contribution in [0.2, 0.25) is 0 Å². The Morgan fingerprint density at radius 2 is 1.50 bits per heavy atom. The van der Waals surface area contributed by atoms with Crippen molar-refractivity contribution in [2.45, 2.75) is 13.0 Å². The smallest absolute Gasteiger partial charge is 0.337 e. The van der Waals surface area contributed by atoms with Crippen LogP contribution in [0.15, 0.2) is 36.4 Å². The molecule has 0 aliphatic carbocycles. The topological polar surface area (TPSA) is 138 Å². The van der Waals surface area contributed by atoms with E-state index in [-0.39, 0.29) is 22.5 Å². The molecule has 2 aromatic carbocycles. The van der Waals surface area contributed by atoms with E-state index < -0.39 is 33.9 Å². The molecular formula is C22H24N2O9S. The molecule has 34 heavy (non-hydrogen) atoms. The Morgan fingerprint density at radius 3 is 2.03 bits per heavy atom. The van der Waals surface area contributed by atoms with Crippen LogP contribution in [0.1, 0.15) is 27.6 Å². The quantitative estimate of drug-likeness (QED) is 0.574. The molecule has 12 heteroatoms. The number of fused-ring (bicyclic) bond motifs is 1. The minimum Gasteiger partial charge on any atom is -0.486 e. The van der Waals surface area contributed by atoms with Crippen LogP contribution in [-0.2, 0) is 24.3 Å². The van der Waals surface area contributed by atoms with Crippen molar-refractivity contribution < 1.29 is 41.7 Å². The zero-order valence-corrected chi connectivity index (χ0v) is 19.8. The summed E-state index contributed by atoms with van der Waals surface area (Å²) in [5, 5.41) is 2.55. The van der Waals surface area contributed by atoms with Gasteiger partial charge in [0.15, 0.2) is 11.5 Å². The molecule has 11 nitrogen and oxygen atoms in total. The first-order valence-corrected chi connectivity index (χ1v) is 11.9. The molecule has 1 N–H and O–H groups in total. The van der Waals surface area contributed by atoms with Crippen LogP contribution in [-0.4, -0.2) is 66.0 Å². The van der Waals surface area contributed by atoms with Crippen LogP contribution in [0.25, 0.3) is 0 Å². The standard InChI is InChI=1S/C22H24N2O9S/c1-13(24(34(4,28)29)17-5-6-18-19(12-17)33-8-7-32-18)20(25)23-16-10-14(21(26)30-2)9-15(11-16)22(27)31-3/h5-6,9-13H,7-8H2,1-4H3,(H,23,25)/t13-/m1/s1. The minimum absolute atomic E-state index is 0.000147. The molecule has 1 heterocycles. The number of esters is 2. The van der Waals surface area contributed by atoms with Crippen LogP contribution in [0, 0.1) is 0 Å². The monoisotopic (exact) mass is 492 g/mol. The van der Waals surface area contributed by atoms with E-state index >= 15 is 0 Å². The molecule has 0 radical (unpaired) electrons. The molecule has 3 rings (SSSR count). The fourth-order valence-corrected chi connectivity index (χ4v) is 4.56. The van der Waals surface area contributed by atoms with Gasteiger partial charge in [-0.05, 0) is 37.3 Å². The summed E-state index contributed by atoms with van der Waals surface area (Å²) in [6, 6.07) is 7.21. The fraction of sp³-hybridized carbons (Fsp3) is 0.318. The van der Waals surface area contributed by atoms with Crippen molar-refractivity contribution in [3.05, 3.63) is 47.5 Å². The molecule has 0 aromatic heterocycles. The first kappa shape index (κ1) is 24.8. The highest BCUT2D eigenvalue weighted by molar-refractivity contribution is 7.92. The number of anilines is 2. The molecule has 0 bridgehead atoms. The highest BCUT2D eigenvalue weighted by Gasteiger charge is 2.30. The van der Waals surface area contributed by atoms with Gasteiger partial charge in [-0.1, -0.05) is 0 Å². The number of amides is 1. The van der Waals surface area contributed by atoms with E-state index in [9.17, 15) is 22.8 Å². The second-order valence-corrected chi connectivity index (χ2v) is 9.19. The second kappa shape index (κ2) is 10.00. The number of benzene rings is 2. The van der Waals surface area contributed by atoms with Gasteiger partial charge in [0.1, 0.15) is 19.3 Å². The lowest BCUT2D eigenvalue weighted by Gasteiger charge is -2.29. The van der Waals surface area contributed by atoms with Crippen LogP contribution in [0.3, 0.4) is 0 Å². The summed E-state index contributed by atoms with van der Waals surface area (Å²) in [4.78, 5) is 37.0. The maximum atomic E-state index is 13.1. The summed E-state index contributed by atoms with van der Waals surface area (Å²) in [7, 11) is -1.56. The van der Waals surface area contributed by atoms with Crippen LogP contribution in [0.4, 0.5) is 11.4 Å². The van der Waals surface area contributed by atoms with E-state index in [2.05, 4.69) is 14.8 Å². The fourth-order valence-electron chi connectivity index (χ4n) is 3.40. The minimum atomic E-state index is -3.90. The summed E-state index contributed by atoms with van der Waals surface area (Å²) in [6.45, 7) is 2.09. The predicted octanol–water partition coefficient (Wildman–Crippen LogP) is 1.82. The molecule has 1 amide bonds. The van der Waals surface area contributed by atoms with Gasteiger partial charge in [-0.2, -0.15) is 0 Å². The number of rotatable bonds is 7. The lowest BCUT2D eigenvalue weighted by molar-refractivity contribution is -0.116. The second-order valence-electron chi connectivity index (χ2n) is 7.33. The number of ether oxygens (including phenoxy) is 4. The normalized spacial score (nSPS) is 13.4. The number of hydrogen-bond acceptors (Lipinski definition) is 9. The Balaban J connectivity index is 1.93. The molecule has 1 aliphatic rings. The Morgan fingerprint density at radius 1 is 0.941 bits per heavy atom. The third kappa shape index (κ3) is 5.39. The van der Waals surface area contributed by atoms with Gasteiger partial charge in [-0.15, -0.1) is 0 Å². The molecule has 0 unspecified atom stereocenters. The molecular weight excluding hydrogens is 468 g/mol. The van der Waals surface area contributed by atoms with Crippen molar-refractivity contribution in [3.8, 4) is 11.5 Å². The number of carbonyl (C=O) groups is 3. The van der Waals surface area contributed by atoms with Crippen LogP contribution >= 0.6 is 0 Å². The first-order valence-electron chi connectivity index (χ1n) is 10.1. The van der Waals surface area contributed by atoms with Gasteiger partial charge in [0.05, 0.1) is 37.3 Å². The Labute approximate surface area is 196 Å². The van der Waals surface area contributed by atoms with E-state index in [1.165, 1.54) is 51.5 Å². The van der Waals surface area contributed by atoms with Gasteiger partial charge in [-0.3, -0.25) is 9.10 Å². The van der Waals surface area contributed by atoms with E-state index in [0.717, 1.165) is 10.6 Å². The number of methoxy groups -OCH3 is 2. The molecule has 1 aliphatic heterocycles. The van der Waals surface area contributed by atoms with E-state index in [1.807, 2.05) is 0 Å². The highest BCUT2D eigenvalue weighted by Crippen LogP contribution is 2.35. The molecule has 1 atom stereocenters. The van der Waals surface area contributed by atoms with Crippen molar-refractivity contribution in [3.63, 3.8) is 0 Å². The molecule has 182 valence electrons. The van der Waals surface area contributed by atoms with Crippen LogP contribution < -0.4 is 19.1 Å². The molecule has 0 saturated carbocycles. The third-order valence-corrected chi connectivity index (χ3v) is 6.15. The lowest BCUT2D eigenvalue weighted by atomic mass is 10.1. The van der Waals surface area contributed by atoms with Gasteiger partial charge in [0.25, 0.3) is 0 Å². The van der Waals surface area contributed by atoms with E-state index in [4.69, 9.17) is 9.47 Å². The van der Waals surface area contributed by atoms with Gasteiger partial charge >= 0.3 is 11.9 Å². The highest BCUT2D eigenvalue weighted by atomic mass is 32.2. The van der Waals surface area contributed by atoms with E-state index in [0.29, 0.717) is 24.7 Å². The number of hydrogen-bond donors (Lipinski definition) is 1. The number of carbonyl (C=O) groups excluding carboxylic acids is 3. The van der Waals surface area contributed by atoms with Crippen molar-refractivity contribution >= 4 is 39.2 Å². The maximum Gasteiger partial charge on any atom is 0.337 e. The van der Waals surface area contributed by atoms with E-state index in [1.54, 1.807) is 6.07 Å². The van der Waals surface area contributed by atoms with Crippen molar-refractivity contribution in [2.75, 3.05) is 43.3 Å². The molecule has 0 saturated heterocycles. The Kier molecular flexibility index (Phi) is 7.30. The number of nitrogens with zero attached hydrogens (tertiary/aromatic N) is 1. The largest absolute Gasteiger partial charge is 0.486 e. The number of nitrogens with one attached hydrogen (secondary N) is 1. The summed E-state index contributed by atoms with van der Waals surface area (Å²) in [5.41, 5.74) is 0.282. The van der Waals surface area contributed by atoms with Crippen molar-refractivity contribution in [1.82, 2.24) is 0 Å².